The van der Waals surface area contributed by atoms with Gasteiger partial charge in [-0.15, -0.1) is 11.6 Å². The number of hydrazine groups is 1. The van der Waals surface area contributed by atoms with E-state index in [4.69, 9.17) is 49.2 Å². The van der Waals surface area contributed by atoms with Gasteiger partial charge in [0.25, 0.3) is 6.35 Å². The summed E-state index contributed by atoms with van der Waals surface area (Å²) in [5.74, 6) is 7.87. The van der Waals surface area contributed by atoms with Crippen LogP contribution in [0.3, 0.4) is 0 Å². The van der Waals surface area contributed by atoms with Crippen LogP contribution in [0.1, 0.15) is 22.3 Å². The molecule has 1 atom stereocenters. The van der Waals surface area contributed by atoms with E-state index in [2.05, 4.69) is 12.1 Å². The van der Waals surface area contributed by atoms with Crippen molar-refractivity contribution >= 4 is 28.9 Å². The Kier molecular flexibility index (Phi) is 8.01. The number of nitrogens with zero attached hydrogens (tertiary/aromatic N) is 3. The molecule has 0 aliphatic carbocycles. The van der Waals surface area contributed by atoms with Gasteiger partial charge in [-0.3, -0.25) is 0 Å². The van der Waals surface area contributed by atoms with Crippen molar-refractivity contribution in [2.45, 2.75) is 26.1 Å². The largest absolute Gasteiger partial charge is 0.449 e. The molecule has 1 aliphatic rings. The zero-order valence-corrected chi connectivity index (χ0v) is 21.1. The Labute approximate surface area is 220 Å². The molecule has 0 saturated carbocycles. The molecule has 4 N–H and O–H groups in total. The Balaban J connectivity index is 1.71. The fraction of sp³-hybridized carbons (Fsp3) is 0.185. The van der Waals surface area contributed by atoms with E-state index in [0.29, 0.717) is 40.8 Å². The number of nitrogens with two attached hydrogens (primary N) is 2. The molecule has 184 valence electrons. The van der Waals surface area contributed by atoms with Crippen molar-refractivity contribution in [2.24, 2.45) is 16.6 Å². The highest BCUT2D eigenvalue weighted by atomic mass is 35.5. The highest BCUT2D eigenvalue weighted by Crippen LogP contribution is 2.31. The second kappa shape index (κ2) is 11.4. The molecule has 4 rings (SSSR count). The molecule has 7 nitrogen and oxygen atoms in total. The molecule has 3 aromatic rings. The maximum absolute atomic E-state index is 9.29. The first-order valence-corrected chi connectivity index (χ1v) is 12.1. The molecule has 0 amide bonds. The van der Waals surface area contributed by atoms with Gasteiger partial charge in [-0.1, -0.05) is 48.0 Å². The van der Waals surface area contributed by atoms with Gasteiger partial charge in [-0.25, -0.2) is 15.8 Å². The summed E-state index contributed by atoms with van der Waals surface area (Å²) in [5.41, 5.74) is 10.7. The van der Waals surface area contributed by atoms with Crippen LogP contribution in [-0.4, -0.2) is 23.0 Å². The van der Waals surface area contributed by atoms with Gasteiger partial charge in [-0.05, 0) is 54.3 Å². The smallest absolute Gasteiger partial charge is 0.286 e. The molecular formula is C27H25Cl2N5O2. The van der Waals surface area contributed by atoms with Gasteiger partial charge in [0.2, 0.25) is 5.88 Å². The second-order valence-electron chi connectivity index (χ2n) is 8.26. The van der Waals surface area contributed by atoms with Gasteiger partial charge in [0.05, 0.1) is 22.4 Å². The molecule has 0 bridgehead atoms. The molecule has 1 aliphatic heterocycles. The zero-order chi connectivity index (χ0) is 25.7. The summed E-state index contributed by atoms with van der Waals surface area (Å²) in [4.78, 5) is 4.71. The highest BCUT2D eigenvalue weighted by Gasteiger charge is 2.31. The number of ether oxygens (including phenoxy) is 2. The van der Waals surface area contributed by atoms with E-state index in [0.717, 1.165) is 16.7 Å². The van der Waals surface area contributed by atoms with Crippen LogP contribution in [0.25, 0.3) is 0 Å². The van der Waals surface area contributed by atoms with Gasteiger partial charge >= 0.3 is 0 Å². The lowest BCUT2D eigenvalue weighted by Gasteiger charge is -2.33. The highest BCUT2D eigenvalue weighted by molar-refractivity contribution is 6.32. The molecule has 0 fully saturated rings. The van der Waals surface area contributed by atoms with Crippen molar-refractivity contribution in [3.63, 3.8) is 0 Å². The van der Waals surface area contributed by atoms with E-state index in [1.807, 2.05) is 49.4 Å². The van der Waals surface area contributed by atoms with E-state index in [-0.39, 0.29) is 17.3 Å². The van der Waals surface area contributed by atoms with Gasteiger partial charge < -0.3 is 15.2 Å². The maximum atomic E-state index is 9.29. The number of halogens is 2. The Hall–Kier alpha value is -3.70. The molecule has 9 heteroatoms. The fourth-order valence-corrected chi connectivity index (χ4v) is 4.15. The molecule has 3 aromatic carbocycles. The number of rotatable bonds is 8. The number of hydrogen-bond acceptors (Lipinski definition) is 7. The fourth-order valence-electron chi connectivity index (χ4n) is 3.77. The summed E-state index contributed by atoms with van der Waals surface area (Å²) >= 11 is 12.3. The van der Waals surface area contributed by atoms with Crippen LogP contribution in [0.4, 0.5) is 0 Å². The van der Waals surface area contributed by atoms with Gasteiger partial charge in [0.15, 0.2) is 0 Å². The molecule has 0 saturated heterocycles. The number of hydrogen-bond donors (Lipinski definition) is 2. The Bertz CT molecular complexity index is 1350. The number of nitriles is 1. The van der Waals surface area contributed by atoms with Crippen molar-refractivity contribution in [3.05, 3.63) is 106 Å². The SMILES string of the molecule is Cc1cc(CCCl)cc(OC2N=C(Cc3ccccc3)C(N)=C(Oc3cc(C#N)ccc3Cl)N2N)c1. The van der Waals surface area contributed by atoms with Crippen molar-refractivity contribution in [3.8, 4) is 17.6 Å². The number of allylic oxidation sites excluding steroid dienone is 1. The Morgan fingerprint density at radius 2 is 1.86 bits per heavy atom. The first-order chi connectivity index (χ1) is 17.4. The third kappa shape index (κ3) is 5.92. The summed E-state index contributed by atoms with van der Waals surface area (Å²) in [5, 5.41) is 10.8. The quantitative estimate of drug-likeness (QED) is 0.317. The average Bonchev–Trinajstić information content (AvgIpc) is 2.86. The lowest BCUT2D eigenvalue weighted by molar-refractivity contribution is 0.0225. The zero-order valence-electron chi connectivity index (χ0n) is 19.6. The van der Waals surface area contributed by atoms with Crippen molar-refractivity contribution in [1.82, 2.24) is 5.01 Å². The third-order valence-electron chi connectivity index (χ3n) is 5.50. The molecule has 1 unspecified atom stereocenters. The average molecular weight is 522 g/mol. The number of aliphatic imine (C=N–C) groups is 1. The molecule has 36 heavy (non-hydrogen) atoms. The van der Waals surface area contributed by atoms with E-state index in [9.17, 15) is 5.26 Å². The standard InChI is InChI=1S/C27H25Cl2N5O2/c1-17-11-19(9-10-28)13-21(12-17)35-27-33-23(14-18-5-3-2-4-6-18)25(31)26(34(27)32)36-24-15-20(16-30)7-8-22(24)29/h2-8,11-13,15,27H,9-10,14,31-32H2,1H3. The summed E-state index contributed by atoms with van der Waals surface area (Å²) in [6.45, 7) is 1.98. The summed E-state index contributed by atoms with van der Waals surface area (Å²) in [6, 6.07) is 22.4. The van der Waals surface area contributed by atoms with E-state index < -0.39 is 6.35 Å². The third-order valence-corrected chi connectivity index (χ3v) is 6.00. The molecule has 0 aromatic heterocycles. The molecule has 0 radical (unpaired) electrons. The van der Waals surface area contributed by atoms with E-state index >= 15 is 0 Å². The van der Waals surface area contributed by atoms with Gasteiger partial charge in [0, 0.05) is 18.4 Å². The van der Waals surface area contributed by atoms with Crippen LogP contribution in [0.2, 0.25) is 5.02 Å². The Morgan fingerprint density at radius 3 is 2.58 bits per heavy atom. The molecule has 0 spiro atoms. The van der Waals surface area contributed by atoms with Gasteiger partial charge in [0.1, 0.15) is 17.2 Å². The maximum Gasteiger partial charge on any atom is 0.286 e. The first kappa shape index (κ1) is 25.4. The lowest BCUT2D eigenvalue weighted by atomic mass is 10.1. The van der Waals surface area contributed by atoms with Crippen LogP contribution < -0.4 is 21.1 Å². The van der Waals surface area contributed by atoms with Crippen LogP contribution in [-0.2, 0) is 12.8 Å². The van der Waals surface area contributed by atoms with E-state index in [1.165, 1.54) is 11.1 Å². The second-order valence-corrected chi connectivity index (χ2v) is 9.05. The minimum absolute atomic E-state index is 0.117. The Morgan fingerprint density at radius 1 is 1.08 bits per heavy atom. The monoisotopic (exact) mass is 521 g/mol. The van der Waals surface area contributed by atoms with Crippen LogP contribution in [0.5, 0.6) is 11.5 Å². The van der Waals surface area contributed by atoms with Crippen LogP contribution >= 0.6 is 23.2 Å². The number of aryl methyl sites for hydroxylation is 2. The molecular weight excluding hydrogens is 497 g/mol. The normalized spacial score (nSPS) is 15.4. The van der Waals surface area contributed by atoms with E-state index in [1.54, 1.807) is 12.1 Å². The summed E-state index contributed by atoms with van der Waals surface area (Å²) < 4.78 is 12.3. The van der Waals surface area contributed by atoms with Crippen molar-refractivity contribution in [2.75, 3.05) is 5.88 Å². The van der Waals surface area contributed by atoms with Crippen molar-refractivity contribution < 1.29 is 9.47 Å². The predicted octanol–water partition coefficient (Wildman–Crippen LogP) is 5.04. The van der Waals surface area contributed by atoms with Crippen LogP contribution in [0.15, 0.2) is 83.3 Å². The lowest BCUT2D eigenvalue weighted by Crippen LogP contribution is -2.49. The minimum Gasteiger partial charge on any atom is -0.449 e. The summed E-state index contributed by atoms with van der Waals surface area (Å²) in [6.07, 6.45) is 0.174. The van der Waals surface area contributed by atoms with Crippen LogP contribution in [0, 0.1) is 18.3 Å². The predicted molar refractivity (Wildman–Crippen MR) is 142 cm³/mol. The van der Waals surface area contributed by atoms with Gasteiger partial charge in [-0.2, -0.15) is 5.26 Å². The molecule has 1 heterocycles. The topological polar surface area (TPSA) is 110 Å². The van der Waals surface area contributed by atoms with Crippen molar-refractivity contribution in [1.29, 1.82) is 5.26 Å². The number of alkyl halides is 1. The summed E-state index contributed by atoms with van der Waals surface area (Å²) in [7, 11) is 0. The first-order valence-electron chi connectivity index (χ1n) is 11.2. The number of benzene rings is 3. The minimum atomic E-state index is -0.963.